The largest absolute Gasteiger partial charge is 0.481 e. The maximum absolute atomic E-state index is 12.2. The average molecular weight is 279 g/mol. The number of carbonyl (C=O) groups excluding carboxylic acids is 1. The molecule has 5 heteroatoms. The number of aliphatic carboxylic acids is 1. The molecule has 5 nitrogen and oxygen atoms in total. The van der Waals surface area contributed by atoms with Gasteiger partial charge in [-0.05, 0) is 23.6 Å². The van der Waals surface area contributed by atoms with Gasteiger partial charge in [-0.2, -0.15) is 0 Å². The van der Waals surface area contributed by atoms with Gasteiger partial charge < -0.3 is 15.2 Å². The van der Waals surface area contributed by atoms with Crippen LogP contribution in [0.15, 0.2) is 24.3 Å². The predicted molar refractivity (Wildman–Crippen MR) is 75.5 cm³/mol. The lowest BCUT2D eigenvalue weighted by Crippen LogP contribution is -2.40. The fourth-order valence-corrected chi connectivity index (χ4v) is 1.86. The van der Waals surface area contributed by atoms with E-state index in [-0.39, 0.29) is 24.3 Å². The SMILES string of the molecule is COCc1cccc(C(=O)NC(CC(=O)O)C(C)C)c1. The lowest BCUT2D eigenvalue weighted by atomic mass is 10.0. The van der Waals surface area contributed by atoms with Crippen LogP contribution in [-0.4, -0.2) is 30.1 Å². The molecule has 1 rings (SSSR count). The van der Waals surface area contributed by atoms with Gasteiger partial charge in [0.25, 0.3) is 5.91 Å². The maximum Gasteiger partial charge on any atom is 0.305 e. The van der Waals surface area contributed by atoms with E-state index in [4.69, 9.17) is 9.84 Å². The first-order valence-electron chi connectivity index (χ1n) is 6.54. The van der Waals surface area contributed by atoms with Crippen molar-refractivity contribution in [1.82, 2.24) is 5.32 Å². The molecule has 0 bridgehead atoms. The Kier molecular flexibility index (Phi) is 6.18. The van der Waals surface area contributed by atoms with Gasteiger partial charge in [0.1, 0.15) is 0 Å². The molecule has 110 valence electrons. The summed E-state index contributed by atoms with van der Waals surface area (Å²) in [7, 11) is 1.59. The van der Waals surface area contributed by atoms with E-state index in [1.807, 2.05) is 19.9 Å². The number of nitrogens with one attached hydrogen (secondary N) is 1. The van der Waals surface area contributed by atoms with E-state index < -0.39 is 5.97 Å². The minimum absolute atomic E-state index is 0.0530. The lowest BCUT2D eigenvalue weighted by Gasteiger charge is -2.20. The summed E-state index contributed by atoms with van der Waals surface area (Å²) in [6.07, 6.45) is -0.0822. The molecule has 0 aliphatic rings. The standard InChI is InChI=1S/C15H21NO4/c1-10(2)13(8-14(17)18)16-15(19)12-6-4-5-11(7-12)9-20-3/h4-7,10,13H,8-9H2,1-3H3,(H,16,19)(H,17,18). The average Bonchev–Trinajstić information content (AvgIpc) is 2.38. The second-order valence-electron chi connectivity index (χ2n) is 5.06. The highest BCUT2D eigenvalue weighted by molar-refractivity contribution is 5.94. The third kappa shape index (κ3) is 5.01. The summed E-state index contributed by atoms with van der Waals surface area (Å²) in [5.74, 6) is -1.13. The molecule has 0 radical (unpaired) electrons. The molecule has 0 spiro atoms. The van der Waals surface area contributed by atoms with Crippen LogP contribution in [0.2, 0.25) is 0 Å². The van der Waals surface area contributed by atoms with E-state index in [1.165, 1.54) is 0 Å². The number of hydrogen-bond donors (Lipinski definition) is 2. The Labute approximate surface area is 118 Å². The normalized spacial score (nSPS) is 12.2. The summed E-state index contributed by atoms with van der Waals surface area (Å²) in [5, 5.41) is 11.6. The van der Waals surface area contributed by atoms with Crippen molar-refractivity contribution in [2.45, 2.75) is 32.9 Å². The lowest BCUT2D eigenvalue weighted by molar-refractivity contribution is -0.137. The van der Waals surface area contributed by atoms with Gasteiger partial charge in [-0.15, -0.1) is 0 Å². The predicted octanol–water partition coefficient (Wildman–Crippen LogP) is 2.06. The number of carboxylic acids is 1. The summed E-state index contributed by atoms with van der Waals surface area (Å²) in [4.78, 5) is 23.0. The monoisotopic (exact) mass is 279 g/mol. The van der Waals surface area contributed by atoms with Gasteiger partial charge in [0.05, 0.1) is 13.0 Å². The molecule has 1 amide bonds. The molecule has 1 aromatic rings. The first-order chi connectivity index (χ1) is 9.43. The second-order valence-corrected chi connectivity index (χ2v) is 5.06. The molecule has 1 aromatic carbocycles. The number of carbonyl (C=O) groups is 2. The molecular weight excluding hydrogens is 258 g/mol. The molecule has 0 aliphatic carbocycles. The summed E-state index contributed by atoms with van der Waals surface area (Å²) in [5.41, 5.74) is 1.41. The third-order valence-corrected chi connectivity index (χ3v) is 3.02. The third-order valence-electron chi connectivity index (χ3n) is 3.02. The first-order valence-corrected chi connectivity index (χ1v) is 6.54. The van der Waals surface area contributed by atoms with Crippen LogP contribution in [0.4, 0.5) is 0 Å². The Morgan fingerprint density at radius 3 is 2.60 bits per heavy atom. The fraction of sp³-hybridized carbons (Fsp3) is 0.467. The second kappa shape index (κ2) is 7.65. The molecule has 0 fully saturated rings. The number of rotatable bonds is 7. The van der Waals surface area contributed by atoms with Gasteiger partial charge in [0, 0.05) is 18.7 Å². The van der Waals surface area contributed by atoms with Crippen molar-refractivity contribution in [1.29, 1.82) is 0 Å². The number of carboxylic acid groups (broad SMARTS) is 1. The van der Waals surface area contributed by atoms with Crippen molar-refractivity contribution >= 4 is 11.9 Å². The molecule has 1 unspecified atom stereocenters. The topological polar surface area (TPSA) is 75.6 Å². The quantitative estimate of drug-likeness (QED) is 0.801. The fourth-order valence-electron chi connectivity index (χ4n) is 1.86. The van der Waals surface area contributed by atoms with E-state index in [9.17, 15) is 9.59 Å². The highest BCUT2D eigenvalue weighted by atomic mass is 16.5. The van der Waals surface area contributed by atoms with E-state index in [2.05, 4.69) is 5.32 Å². The van der Waals surface area contributed by atoms with Gasteiger partial charge in [-0.25, -0.2) is 0 Å². The molecule has 0 aliphatic heterocycles. The van der Waals surface area contributed by atoms with Gasteiger partial charge in [0.2, 0.25) is 0 Å². The molecule has 1 atom stereocenters. The Bertz CT molecular complexity index is 471. The first kappa shape index (κ1) is 16.2. The van der Waals surface area contributed by atoms with Crippen LogP contribution in [0.3, 0.4) is 0 Å². The maximum atomic E-state index is 12.2. The Hall–Kier alpha value is -1.88. The molecule has 2 N–H and O–H groups in total. The van der Waals surface area contributed by atoms with Crippen LogP contribution >= 0.6 is 0 Å². The van der Waals surface area contributed by atoms with Crippen LogP contribution in [0, 0.1) is 5.92 Å². The minimum atomic E-state index is -0.919. The van der Waals surface area contributed by atoms with Gasteiger partial charge >= 0.3 is 5.97 Å². The number of methoxy groups -OCH3 is 1. The minimum Gasteiger partial charge on any atom is -0.481 e. The van der Waals surface area contributed by atoms with E-state index in [0.717, 1.165) is 5.56 Å². The summed E-state index contributed by atoms with van der Waals surface area (Å²) < 4.78 is 5.03. The smallest absolute Gasteiger partial charge is 0.305 e. The number of ether oxygens (including phenoxy) is 1. The molecular formula is C15H21NO4. The number of hydrogen-bond acceptors (Lipinski definition) is 3. The van der Waals surface area contributed by atoms with Crippen molar-refractivity contribution < 1.29 is 19.4 Å². The molecule has 0 saturated heterocycles. The van der Waals surface area contributed by atoms with Crippen LogP contribution in [0.5, 0.6) is 0 Å². The van der Waals surface area contributed by atoms with Crippen LogP contribution < -0.4 is 5.32 Å². The van der Waals surface area contributed by atoms with Crippen molar-refractivity contribution in [3.63, 3.8) is 0 Å². The van der Waals surface area contributed by atoms with Crippen LogP contribution in [-0.2, 0) is 16.1 Å². The van der Waals surface area contributed by atoms with Gasteiger partial charge in [-0.1, -0.05) is 26.0 Å². The summed E-state index contributed by atoms with van der Waals surface area (Å²) >= 11 is 0. The van der Waals surface area contributed by atoms with Crippen molar-refractivity contribution in [3.8, 4) is 0 Å². The van der Waals surface area contributed by atoms with Gasteiger partial charge in [-0.3, -0.25) is 9.59 Å². The van der Waals surface area contributed by atoms with Crippen molar-refractivity contribution in [3.05, 3.63) is 35.4 Å². The van der Waals surface area contributed by atoms with Crippen LogP contribution in [0.1, 0.15) is 36.2 Å². The molecule has 0 heterocycles. The van der Waals surface area contributed by atoms with Crippen molar-refractivity contribution in [2.24, 2.45) is 5.92 Å². The number of amides is 1. The zero-order valence-corrected chi connectivity index (χ0v) is 12.1. The molecule has 0 saturated carbocycles. The van der Waals surface area contributed by atoms with E-state index in [0.29, 0.717) is 12.2 Å². The van der Waals surface area contributed by atoms with Crippen LogP contribution in [0.25, 0.3) is 0 Å². The Balaban J connectivity index is 2.77. The highest BCUT2D eigenvalue weighted by Gasteiger charge is 2.20. The molecule has 20 heavy (non-hydrogen) atoms. The number of benzene rings is 1. The zero-order valence-electron chi connectivity index (χ0n) is 12.1. The van der Waals surface area contributed by atoms with Crippen molar-refractivity contribution in [2.75, 3.05) is 7.11 Å². The zero-order chi connectivity index (χ0) is 15.1. The Morgan fingerprint density at radius 2 is 2.05 bits per heavy atom. The van der Waals surface area contributed by atoms with E-state index in [1.54, 1.807) is 25.3 Å². The Morgan fingerprint density at radius 1 is 1.35 bits per heavy atom. The van der Waals surface area contributed by atoms with Gasteiger partial charge in [0.15, 0.2) is 0 Å². The molecule has 0 aromatic heterocycles. The summed E-state index contributed by atoms with van der Waals surface area (Å²) in [6.45, 7) is 4.20. The summed E-state index contributed by atoms with van der Waals surface area (Å²) in [6, 6.07) is 6.72. The van der Waals surface area contributed by atoms with E-state index >= 15 is 0 Å². The highest BCUT2D eigenvalue weighted by Crippen LogP contribution is 2.10.